The van der Waals surface area contributed by atoms with Gasteiger partial charge in [-0.3, -0.25) is 4.79 Å². The molecule has 0 radical (unpaired) electrons. The summed E-state index contributed by atoms with van der Waals surface area (Å²) in [7, 11) is 3.94. The Kier molecular flexibility index (Phi) is 7.02. The Labute approximate surface area is 180 Å². The summed E-state index contributed by atoms with van der Waals surface area (Å²) in [6.45, 7) is 4.94. The van der Waals surface area contributed by atoms with Crippen LogP contribution in [0, 0.1) is 25.5 Å². The maximum Gasteiger partial charge on any atom is 0.255 e. The minimum Gasteiger partial charge on any atom is -0.492 e. The molecular weight excluding hydrogens is 402 g/mol. The van der Waals surface area contributed by atoms with Crippen molar-refractivity contribution in [1.29, 1.82) is 0 Å². The summed E-state index contributed by atoms with van der Waals surface area (Å²) in [5, 5.41) is 7.17. The van der Waals surface area contributed by atoms with E-state index in [2.05, 4.69) is 10.4 Å². The first kappa shape index (κ1) is 22.4. The van der Waals surface area contributed by atoms with Crippen LogP contribution in [-0.2, 0) is 6.54 Å². The molecule has 6 nitrogen and oxygen atoms in total. The van der Waals surface area contributed by atoms with Crippen molar-refractivity contribution >= 4 is 5.91 Å². The molecule has 31 heavy (non-hydrogen) atoms. The lowest BCUT2D eigenvalue weighted by Crippen LogP contribution is -2.25. The van der Waals surface area contributed by atoms with Crippen molar-refractivity contribution in [3.05, 3.63) is 76.6 Å². The Morgan fingerprint density at radius 3 is 2.61 bits per heavy atom. The molecule has 2 aromatic carbocycles. The van der Waals surface area contributed by atoms with Crippen LogP contribution in [0.25, 0.3) is 5.69 Å². The zero-order valence-corrected chi connectivity index (χ0v) is 18.1. The highest BCUT2D eigenvalue weighted by Gasteiger charge is 2.21. The number of benzene rings is 2. The first-order valence-electron chi connectivity index (χ1n) is 9.93. The van der Waals surface area contributed by atoms with Gasteiger partial charge in [-0.2, -0.15) is 5.10 Å². The summed E-state index contributed by atoms with van der Waals surface area (Å²) in [6.07, 6.45) is 0. The smallest absolute Gasteiger partial charge is 0.255 e. The molecule has 1 heterocycles. The number of carbonyl (C=O) groups excluding carboxylic acids is 1. The van der Waals surface area contributed by atoms with Gasteiger partial charge in [-0.05, 0) is 46.1 Å². The highest BCUT2D eigenvalue weighted by Crippen LogP contribution is 2.22. The number of halogens is 2. The lowest BCUT2D eigenvalue weighted by atomic mass is 10.1. The van der Waals surface area contributed by atoms with Crippen LogP contribution in [0.2, 0.25) is 0 Å². The molecule has 3 aromatic rings. The number of ether oxygens (including phenoxy) is 1. The first-order valence-corrected chi connectivity index (χ1v) is 9.93. The fourth-order valence-corrected chi connectivity index (χ4v) is 3.25. The number of carbonyl (C=O) groups is 1. The fourth-order valence-electron chi connectivity index (χ4n) is 3.25. The topological polar surface area (TPSA) is 59.4 Å². The van der Waals surface area contributed by atoms with Crippen molar-refractivity contribution in [2.75, 3.05) is 27.2 Å². The van der Waals surface area contributed by atoms with Crippen LogP contribution >= 0.6 is 0 Å². The number of nitrogens with zero attached hydrogens (tertiary/aromatic N) is 3. The third-order valence-electron chi connectivity index (χ3n) is 4.86. The van der Waals surface area contributed by atoms with Gasteiger partial charge in [0.2, 0.25) is 0 Å². The Morgan fingerprint density at radius 2 is 1.90 bits per heavy atom. The number of amides is 1. The maximum absolute atomic E-state index is 14.2. The zero-order valence-electron chi connectivity index (χ0n) is 18.1. The van der Waals surface area contributed by atoms with Crippen molar-refractivity contribution in [3.63, 3.8) is 0 Å². The maximum atomic E-state index is 14.2. The largest absolute Gasteiger partial charge is 0.492 e. The average Bonchev–Trinajstić information content (AvgIpc) is 3.00. The predicted octanol–water partition coefficient (Wildman–Crippen LogP) is 3.64. The number of aromatic nitrogens is 2. The third-order valence-corrected chi connectivity index (χ3v) is 4.86. The molecule has 0 saturated carbocycles. The summed E-state index contributed by atoms with van der Waals surface area (Å²) in [5.41, 5.74) is 2.21. The lowest BCUT2D eigenvalue weighted by Gasteiger charge is -2.14. The van der Waals surface area contributed by atoms with E-state index < -0.39 is 11.6 Å². The monoisotopic (exact) mass is 428 g/mol. The quantitative estimate of drug-likeness (QED) is 0.595. The minimum absolute atomic E-state index is 0.0840. The molecule has 0 fully saturated rings. The summed E-state index contributed by atoms with van der Waals surface area (Å²) in [4.78, 5) is 14.9. The molecule has 8 heteroatoms. The summed E-state index contributed by atoms with van der Waals surface area (Å²) >= 11 is 0. The van der Waals surface area contributed by atoms with E-state index in [0.29, 0.717) is 29.3 Å². The average molecular weight is 428 g/mol. The van der Waals surface area contributed by atoms with Crippen molar-refractivity contribution in [1.82, 2.24) is 20.0 Å². The van der Waals surface area contributed by atoms with Crippen molar-refractivity contribution < 1.29 is 18.3 Å². The predicted molar refractivity (Wildman–Crippen MR) is 115 cm³/mol. The van der Waals surface area contributed by atoms with Gasteiger partial charge in [0.25, 0.3) is 5.91 Å². The first-order chi connectivity index (χ1) is 14.8. The third kappa shape index (κ3) is 5.27. The van der Waals surface area contributed by atoms with Crippen molar-refractivity contribution in [2.24, 2.45) is 0 Å². The minimum atomic E-state index is -0.749. The van der Waals surface area contributed by atoms with Crippen molar-refractivity contribution in [2.45, 2.75) is 20.4 Å². The SMILES string of the molecule is Cc1nn(-c2ccc(F)cc2F)c(C)c1C(=O)NCc1ccccc1OCCN(C)C. The standard InChI is InChI=1S/C23H26F2N4O2/c1-15-22(16(2)29(27-15)20-10-9-18(24)13-19(20)25)23(30)26-14-17-7-5-6-8-21(17)31-12-11-28(3)4/h5-10,13H,11-12,14H2,1-4H3,(H,26,30). The molecule has 164 valence electrons. The van der Waals surface area contributed by atoms with E-state index in [-0.39, 0.29) is 18.1 Å². The van der Waals surface area contributed by atoms with Crippen LogP contribution in [0.15, 0.2) is 42.5 Å². The Hall–Kier alpha value is -3.26. The highest BCUT2D eigenvalue weighted by atomic mass is 19.1. The van der Waals surface area contributed by atoms with Crippen LogP contribution in [0.3, 0.4) is 0 Å². The van der Waals surface area contributed by atoms with Crippen LogP contribution in [0.5, 0.6) is 5.75 Å². The van der Waals surface area contributed by atoms with Crippen LogP contribution < -0.4 is 10.1 Å². The molecule has 0 spiro atoms. The van der Waals surface area contributed by atoms with Gasteiger partial charge in [0, 0.05) is 24.7 Å². The molecular formula is C23H26F2N4O2. The van der Waals surface area contributed by atoms with E-state index >= 15 is 0 Å². The van der Waals surface area contributed by atoms with Crippen molar-refractivity contribution in [3.8, 4) is 11.4 Å². The Bertz CT molecular complexity index is 1080. The van der Waals surface area contributed by atoms with Gasteiger partial charge >= 0.3 is 0 Å². The van der Waals surface area contributed by atoms with Gasteiger partial charge in [-0.15, -0.1) is 0 Å². The van der Waals surface area contributed by atoms with Gasteiger partial charge in [-0.25, -0.2) is 13.5 Å². The summed E-state index contributed by atoms with van der Waals surface area (Å²) in [5.74, 6) is -1.04. The number of nitrogens with one attached hydrogen (secondary N) is 1. The number of hydrogen-bond acceptors (Lipinski definition) is 4. The van der Waals surface area contributed by atoms with E-state index in [1.165, 1.54) is 10.7 Å². The zero-order chi connectivity index (χ0) is 22.5. The van der Waals surface area contributed by atoms with Gasteiger partial charge in [0.05, 0.1) is 17.0 Å². The Morgan fingerprint density at radius 1 is 1.16 bits per heavy atom. The van der Waals surface area contributed by atoms with E-state index in [0.717, 1.165) is 24.2 Å². The van der Waals surface area contributed by atoms with E-state index in [1.807, 2.05) is 43.3 Å². The molecule has 1 N–H and O–H groups in total. The molecule has 0 saturated heterocycles. The summed E-state index contributed by atoms with van der Waals surface area (Å²) in [6, 6.07) is 10.8. The molecule has 1 aromatic heterocycles. The highest BCUT2D eigenvalue weighted by molar-refractivity contribution is 5.96. The van der Waals surface area contributed by atoms with Gasteiger partial charge in [-0.1, -0.05) is 18.2 Å². The normalized spacial score (nSPS) is 11.1. The van der Waals surface area contributed by atoms with E-state index in [1.54, 1.807) is 13.8 Å². The van der Waals surface area contributed by atoms with Crippen LogP contribution in [-0.4, -0.2) is 47.8 Å². The van der Waals surface area contributed by atoms with E-state index in [4.69, 9.17) is 4.74 Å². The van der Waals surface area contributed by atoms with Crippen LogP contribution in [0.1, 0.15) is 27.3 Å². The molecule has 0 unspecified atom stereocenters. The Balaban J connectivity index is 1.76. The number of likely N-dealkylation sites (N-methyl/N-ethyl adjacent to an activating group) is 1. The summed E-state index contributed by atoms with van der Waals surface area (Å²) < 4.78 is 34.6. The van der Waals surface area contributed by atoms with E-state index in [9.17, 15) is 13.6 Å². The number of hydrogen-bond donors (Lipinski definition) is 1. The molecule has 1 amide bonds. The molecule has 0 atom stereocenters. The number of para-hydroxylation sites is 1. The molecule has 0 aliphatic rings. The van der Waals surface area contributed by atoms with Gasteiger partial charge < -0.3 is 15.0 Å². The number of rotatable bonds is 8. The second-order valence-corrected chi connectivity index (χ2v) is 7.50. The molecule has 0 bridgehead atoms. The molecule has 0 aliphatic heterocycles. The molecule has 0 aliphatic carbocycles. The lowest BCUT2D eigenvalue weighted by molar-refractivity contribution is 0.0949. The second kappa shape index (κ2) is 9.70. The number of aryl methyl sites for hydroxylation is 1. The van der Waals surface area contributed by atoms with Gasteiger partial charge in [0.15, 0.2) is 5.82 Å². The fraction of sp³-hybridized carbons (Fsp3) is 0.304. The molecule has 3 rings (SSSR count). The van der Waals surface area contributed by atoms with Gasteiger partial charge in [0.1, 0.15) is 23.9 Å². The second-order valence-electron chi connectivity index (χ2n) is 7.50. The van der Waals surface area contributed by atoms with Crippen LogP contribution in [0.4, 0.5) is 8.78 Å².